The zero-order valence-corrected chi connectivity index (χ0v) is 11.2. The van der Waals surface area contributed by atoms with E-state index >= 15 is 0 Å². The van der Waals surface area contributed by atoms with Gasteiger partial charge in [0.25, 0.3) is 0 Å². The van der Waals surface area contributed by atoms with E-state index in [1.54, 1.807) is 6.20 Å². The van der Waals surface area contributed by atoms with E-state index in [0.29, 0.717) is 6.54 Å². The molecule has 0 amide bonds. The van der Waals surface area contributed by atoms with Gasteiger partial charge in [-0.3, -0.25) is 9.88 Å². The molecule has 2 rings (SSSR count). The molecular formula is C12H18BrN3. The Morgan fingerprint density at radius 3 is 2.88 bits per heavy atom. The standard InChI is InChI=1S/C12H18BrN3/c1-16(8-9-2-3-9)12(5-14)10-4-11(13)7-15-6-10/h4,6-7,9,12H,2-3,5,8,14H2,1H3. The molecule has 16 heavy (non-hydrogen) atoms. The van der Waals surface area contributed by atoms with E-state index in [4.69, 9.17) is 5.73 Å². The minimum Gasteiger partial charge on any atom is -0.329 e. The van der Waals surface area contributed by atoms with E-state index < -0.39 is 0 Å². The van der Waals surface area contributed by atoms with Gasteiger partial charge in [0.15, 0.2) is 0 Å². The van der Waals surface area contributed by atoms with Crippen LogP contribution in [0.25, 0.3) is 0 Å². The number of pyridine rings is 1. The van der Waals surface area contributed by atoms with Gasteiger partial charge in [-0.1, -0.05) is 0 Å². The third-order valence-corrected chi connectivity index (χ3v) is 3.54. The van der Waals surface area contributed by atoms with Crippen LogP contribution in [0.5, 0.6) is 0 Å². The van der Waals surface area contributed by atoms with Crippen LogP contribution in [0.1, 0.15) is 24.4 Å². The lowest BCUT2D eigenvalue weighted by Gasteiger charge is -2.27. The van der Waals surface area contributed by atoms with Gasteiger partial charge in [-0.05, 0) is 53.4 Å². The van der Waals surface area contributed by atoms with Crippen molar-refractivity contribution in [3.05, 3.63) is 28.5 Å². The van der Waals surface area contributed by atoms with Gasteiger partial charge in [-0.15, -0.1) is 0 Å². The zero-order valence-electron chi connectivity index (χ0n) is 9.56. The SMILES string of the molecule is CN(CC1CC1)C(CN)c1cncc(Br)c1. The maximum absolute atomic E-state index is 5.87. The highest BCUT2D eigenvalue weighted by atomic mass is 79.9. The van der Waals surface area contributed by atoms with E-state index in [0.717, 1.165) is 16.9 Å². The average molecular weight is 284 g/mol. The summed E-state index contributed by atoms with van der Waals surface area (Å²) in [7, 11) is 2.15. The minimum absolute atomic E-state index is 0.283. The summed E-state index contributed by atoms with van der Waals surface area (Å²) in [5.41, 5.74) is 7.06. The van der Waals surface area contributed by atoms with Gasteiger partial charge in [0, 0.05) is 36.0 Å². The van der Waals surface area contributed by atoms with Gasteiger partial charge in [0.1, 0.15) is 0 Å². The predicted molar refractivity (Wildman–Crippen MR) is 69.1 cm³/mol. The first-order chi connectivity index (χ1) is 7.70. The second-order valence-electron chi connectivity index (χ2n) is 4.57. The fourth-order valence-corrected chi connectivity index (χ4v) is 2.40. The second kappa shape index (κ2) is 5.25. The Morgan fingerprint density at radius 2 is 2.31 bits per heavy atom. The van der Waals surface area contributed by atoms with Crippen LogP contribution in [-0.4, -0.2) is 30.0 Å². The molecule has 0 spiro atoms. The summed E-state index contributed by atoms with van der Waals surface area (Å²) in [6.07, 6.45) is 6.46. The average Bonchev–Trinajstić information content (AvgIpc) is 3.03. The molecule has 1 aliphatic carbocycles. The lowest BCUT2D eigenvalue weighted by atomic mass is 10.1. The molecule has 1 unspecified atom stereocenters. The quantitative estimate of drug-likeness (QED) is 0.901. The summed E-state index contributed by atoms with van der Waals surface area (Å²) in [5, 5.41) is 0. The first-order valence-electron chi connectivity index (χ1n) is 5.71. The fraction of sp³-hybridized carbons (Fsp3) is 0.583. The van der Waals surface area contributed by atoms with Crippen molar-refractivity contribution in [1.29, 1.82) is 0 Å². The molecule has 1 aliphatic rings. The summed E-state index contributed by atoms with van der Waals surface area (Å²) >= 11 is 3.45. The summed E-state index contributed by atoms with van der Waals surface area (Å²) in [6.45, 7) is 1.79. The van der Waals surface area contributed by atoms with Crippen LogP contribution in [0.4, 0.5) is 0 Å². The van der Waals surface area contributed by atoms with Gasteiger partial charge >= 0.3 is 0 Å². The fourth-order valence-electron chi connectivity index (χ4n) is 2.02. The Bertz CT molecular complexity index is 352. The molecular weight excluding hydrogens is 266 g/mol. The molecule has 88 valence electrons. The van der Waals surface area contributed by atoms with Crippen LogP contribution in [0.3, 0.4) is 0 Å². The Labute approximate surface area is 105 Å². The Kier molecular flexibility index (Phi) is 3.95. The molecule has 2 N–H and O–H groups in total. The smallest absolute Gasteiger partial charge is 0.0483 e. The van der Waals surface area contributed by atoms with Crippen molar-refractivity contribution in [3.63, 3.8) is 0 Å². The van der Waals surface area contributed by atoms with Gasteiger partial charge in [-0.25, -0.2) is 0 Å². The van der Waals surface area contributed by atoms with Gasteiger partial charge in [0.05, 0.1) is 0 Å². The number of nitrogens with zero attached hydrogens (tertiary/aromatic N) is 2. The summed E-state index contributed by atoms with van der Waals surface area (Å²) in [6, 6.07) is 2.39. The minimum atomic E-state index is 0.283. The third kappa shape index (κ3) is 3.03. The van der Waals surface area contributed by atoms with E-state index in [1.165, 1.54) is 18.4 Å². The largest absolute Gasteiger partial charge is 0.329 e. The normalized spacial score (nSPS) is 17.8. The second-order valence-corrected chi connectivity index (χ2v) is 5.49. The van der Waals surface area contributed by atoms with Crippen molar-refractivity contribution in [3.8, 4) is 0 Å². The Morgan fingerprint density at radius 1 is 1.56 bits per heavy atom. The molecule has 1 aromatic rings. The Balaban J connectivity index is 2.07. The van der Waals surface area contributed by atoms with Crippen molar-refractivity contribution in [2.24, 2.45) is 11.7 Å². The lowest BCUT2D eigenvalue weighted by Crippen LogP contribution is -2.32. The molecule has 1 aromatic heterocycles. The molecule has 1 fully saturated rings. The number of hydrogen-bond acceptors (Lipinski definition) is 3. The van der Waals surface area contributed by atoms with Gasteiger partial charge in [-0.2, -0.15) is 0 Å². The summed E-state index contributed by atoms with van der Waals surface area (Å²) in [5.74, 6) is 0.888. The zero-order chi connectivity index (χ0) is 11.5. The molecule has 1 heterocycles. The van der Waals surface area contributed by atoms with Crippen molar-refractivity contribution in [2.45, 2.75) is 18.9 Å². The highest BCUT2D eigenvalue weighted by molar-refractivity contribution is 9.10. The van der Waals surface area contributed by atoms with Crippen molar-refractivity contribution in [2.75, 3.05) is 20.1 Å². The first-order valence-corrected chi connectivity index (χ1v) is 6.50. The first kappa shape index (κ1) is 12.0. The number of likely N-dealkylation sites (N-methyl/N-ethyl adjacent to an activating group) is 1. The van der Waals surface area contributed by atoms with Crippen LogP contribution in [-0.2, 0) is 0 Å². The maximum Gasteiger partial charge on any atom is 0.0483 e. The highest BCUT2D eigenvalue weighted by Gasteiger charge is 2.26. The molecule has 3 nitrogen and oxygen atoms in total. The molecule has 0 aromatic carbocycles. The van der Waals surface area contributed by atoms with E-state index in [2.05, 4.69) is 38.9 Å². The van der Waals surface area contributed by atoms with Gasteiger partial charge < -0.3 is 5.73 Å². The van der Waals surface area contributed by atoms with Crippen LogP contribution in [0.15, 0.2) is 22.9 Å². The summed E-state index contributed by atoms with van der Waals surface area (Å²) in [4.78, 5) is 6.55. The predicted octanol–water partition coefficient (Wildman–Crippen LogP) is 2.19. The maximum atomic E-state index is 5.87. The molecule has 0 aliphatic heterocycles. The van der Waals surface area contributed by atoms with Crippen molar-refractivity contribution in [1.82, 2.24) is 9.88 Å². The molecule has 0 radical (unpaired) electrons. The van der Waals surface area contributed by atoms with Crippen LogP contribution in [0, 0.1) is 5.92 Å². The number of halogens is 1. The number of rotatable bonds is 5. The number of hydrogen-bond donors (Lipinski definition) is 1. The van der Waals surface area contributed by atoms with E-state index in [9.17, 15) is 0 Å². The molecule has 4 heteroatoms. The number of aromatic nitrogens is 1. The molecule has 0 saturated heterocycles. The van der Waals surface area contributed by atoms with Crippen LogP contribution >= 0.6 is 15.9 Å². The van der Waals surface area contributed by atoms with E-state index in [1.807, 2.05) is 6.20 Å². The van der Waals surface area contributed by atoms with Crippen LogP contribution in [0.2, 0.25) is 0 Å². The van der Waals surface area contributed by atoms with Crippen molar-refractivity contribution < 1.29 is 0 Å². The van der Waals surface area contributed by atoms with Gasteiger partial charge in [0.2, 0.25) is 0 Å². The monoisotopic (exact) mass is 283 g/mol. The topological polar surface area (TPSA) is 42.1 Å². The highest BCUT2D eigenvalue weighted by Crippen LogP contribution is 2.32. The summed E-state index contributed by atoms with van der Waals surface area (Å²) < 4.78 is 1.02. The number of nitrogens with two attached hydrogens (primary N) is 1. The van der Waals surface area contributed by atoms with Crippen molar-refractivity contribution >= 4 is 15.9 Å². The Hall–Kier alpha value is -0.450. The third-order valence-electron chi connectivity index (χ3n) is 3.11. The molecule has 1 atom stereocenters. The van der Waals surface area contributed by atoms with E-state index in [-0.39, 0.29) is 6.04 Å². The molecule has 1 saturated carbocycles. The van der Waals surface area contributed by atoms with Crippen LogP contribution < -0.4 is 5.73 Å². The lowest BCUT2D eigenvalue weighted by molar-refractivity contribution is 0.240. The molecule has 0 bridgehead atoms.